The summed E-state index contributed by atoms with van der Waals surface area (Å²) in [6.45, 7) is 3.22. The zero-order chi connectivity index (χ0) is 14.1. The van der Waals surface area contributed by atoms with Gasteiger partial charge in [-0.1, -0.05) is 6.92 Å². The molecule has 0 saturated heterocycles. The van der Waals surface area contributed by atoms with Gasteiger partial charge in [-0.3, -0.25) is 4.98 Å². The van der Waals surface area contributed by atoms with E-state index < -0.39 is 10.0 Å². The molecule has 0 bridgehead atoms. The van der Waals surface area contributed by atoms with E-state index in [0.29, 0.717) is 12.2 Å². The lowest BCUT2D eigenvalue weighted by Gasteiger charge is -2.12. The third-order valence-electron chi connectivity index (χ3n) is 2.46. The fourth-order valence-electron chi connectivity index (χ4n) is 1.50. The number of nitrogens with one attached hydrogen (secondary N) is 2. The molecular weight excluding hydrogens is 282 g/mol. The Balaban J connectivity index is 2.76. The van der Waals surface area contributed by atoms with Crippen LogP contribution in [0.2, 0.25) is 0 Å². The Morgan fingerprint density at radius 1 is 1.37 bits per heavy atom. The molecule has 0 saturated carbocycles. The topological polar surface area (TPSA) is 71.1 Å². The zero-order valence-electron chi connectivity index (χ0n) is 11.3. The lowest BCUT2D eigenvalue weighted by Crippen LogP contribution is -2.26. The van der Waals surface area contributed by atoms with Gasteiger partial charge in [0.1, 0.15) is 4.90 Å². The molecular formula is C12H21N3O2S2. The second-order valence-corrected chi connectivity index (χ2v) is 6.76. The highest BCUT2D eigenvalue weighted by Gasteiger charge is 2.17. The average Bonchev–Trinajstić information content (AvgIpc) is 2.41. The molecule has 0 unspecified atom stereocenters. The van der Waals surface area contributed by atoms with E-state index in [1.54, 1.807) is 24.0 Å². The monoisotopic (exact) mass is 303 g/mol. The van der Waals surface area contributed by atoms with Crippen molar-refractivity contribution in [1.82, 2.24) is 9.71 Å². The quantitative estimate of drug-likeness (QED) is 0.682. The van der Waals surface area contributed by atoms with Crippen molar-refractivity contribution in [3.8, 4) is 0 Å². The van der Waals surface area contributed by atoms with Crippen molar-refractivity contribution in [3.05, 3.63) is 18.5 Å². The SMILES string of the molecule is CCCNc1ccncc1S(=O)(=O)NCCCSC. The van der Waals surface area contributed by atoms with Crippen LogP contribution in [0.5, 0.6) is 0 Å². The maximum atomic E-state index is 12.2. The largest absolute Gasteiger partial charge is 0.384 e. The smallest absolute Gasteiger partial charge is 0.244 e. The van der Waals surface area contributed by atoms with Crippen LogP contribution in [0, 0.1) is 0 Å². The fraction of sp³-hybridized carbons (Fsp3) is 0.583. The van der Waals surface area contributed by atoms with Crippen molar-refractivity contribution < 1.29 is 8.42 Å². The van der Waals surface area contributed by atoms with Gasteiger partial charge in [-0.25, -0.2) is 13.1 Å². The summed E-state index contributed by atoms with van der Waals surface area (Å²) < 4.78 is 27.0. The van der Waals surface area contributed by atoms with Crippen LogP contribution in [0.1, 0.15) is 19.8 Å². The van der Waals surface area contributed by atoms with Crippen LogP contribution in [0.25, 0.3) is 0 Å². The van der Waals surface area contributed by atoms with Gasteiger partial charge in [0.2, 0.25) is 10.0 Å². The van der Waals surface area contributed by atoms with Gasteiger partial charge in [0.15, 0.2) is 0 Å². The first-order valence-corrected chi connectivity index (χ1v) is 9.16. The molecule has 19 heavy (non-hydrogen) atoms. The van der Waals surface area contributed by atoms with E-state index in [-0.39, 0.29) is 4.90 Å². The maximum Gasteiger partial charge on any atom is 0.244 e. The van der Waals surface area contributed by atoms with Crippen LogP contribution >= 0.6 is 11.8 Å². The molecule has 0 amide bonds. The third kappa shape index (κ3) is 5.38. The molecule has 0 aliphatic rings. The van der Waals surface area contributed by atoms with Gasteiger partial charge in [0.25, 0.3) is 0 Å². The van der Waals surface area contributed by atoms with Crippen molar-refractivity contribution in [2.45, 2.75) is 24.7 Å². The van der Waals surface area contributed by atoms with Crippen LogP contribution in [-0.4, -0.2) is 38.5 Å². The van der Waals surface area contributed by atoms with Gasteiger partial charge < -0.3 is 5.32 Å². The van der Waals surface area contributed by atoms with Crippen molar-refractivity contribution in [3.63, 3.8) is 0 Å². The Kier molecular flexibility index (Phi) is 7.19. The highest BCUT2D eigenvalue weighted by molar-refractivity contribution is 7.98. The van der Waals surface area contributed by atoms with Gasteiger partial charge >= 0.3 is 0 Å². The molecule has 0 aliphatic heterocycles. The molecule has 7 heteroatoms. The number of sulfonamides is 1. The Bertz CT molecular complexity index is 478. The number of anilines is 1. The number of hydrogen-bond acceptors (Lipinski definition) is 5. The summed E-state index contributed by atoms with van der Waals surface area (Å²) in [5.74, 6) is 0.941. The number of rotatable bonds is 9. The van der Waals surface area contributed by atoms with Gasteiger partial charge in [0.05, 0.1) is 5.69 Å². The fourth-order valence-corrected chi connectivity index (χ4v) is 3.13. The van der Waals surface area contributed by atoms with E-state index in [1.807, 2.05) is 13.2 Å². The van der Waals surface area contributed by atoms with Gasteiger partial charge in [0, 0.05) is 25.5 Å². The van der Waals surface area contributed by atoms with Crippen molar-refractivity contribution in [2.75, 3.05) is 30.4 Å². The molecule has 0 atom stereocenters. The summed E-state index contributed by atoms with van der Waals surface area (Å²) in [5.41, 5.74) is 0.606. The van der Waals surface area contributed by atoms with Gasteiger partial charge in [-0.05, 0) is 30.9 Å². The maximum absolute atomic E-state index is 12.2. The van der Waals surface area contributed by atoms with Crippen molar-refractivity contribution in [1.29, 1.82) is 0 Å². The number of hydrogen-bond donors (Lipinski definition) is 2. The lowest BCUT2D eigenvalue weighted by atomic mass is 10.4. The first kappa shape index (κ1) is 16.3. The molecule has 0 fully saturated rings. The lowest BCUT2D eigenvalue weighted by molar-refractivity contribution is 0.581. The molecule has 0 spiro atoms. The molecule has 1 aromatic rings. The summed E-state index contributed by atoms with van der Waals surface area (Å²) >= 11 is 1.70. The van der Waals surface area contributed by atoms with Gasteiger partial charge in [-0.15, -0.1) is 0 Å². The summed E-state index contributed by atoms with van der Waals surface area (Å²) in [4.78, 5) is 4.12. The van der Waals surface area contributed by atoms with Crippen LogP contribution in [0.3, 0.4) is 0 Å². The molecule has 1 rings (SSSR count). The standard InChI is InChI=1S/C12H21N3O2S2/c1-3-6-14-11-5-8-13-10-12(11)19(16,17)15-7-4-9-18-2/h5,8,10,15H,3-4,6-7,9H2,1-2H3,(H,13,14). The van der Waals surface area contributed by atoms with Crippen LogP contribution < -0.4 is 10.0 Å². The molecule has 0 aliphatic carbocycles. The average molecular weight is 303 g/mol. The summed E-state index contributed by atoms with van der Waals surface area (Å²) in [5, 5.41) is 3.11. The number of pyridine rings is 1. The highest BCUT2D eigenvalue weighted by atomic mass is 32.2. The molecule has 0 radical (unpaired) electrons. The van der Waals surface area contributed by atoms with E-state index in [9.17, 15) is 8.42 Å². The Morgan fingerprint density at radius 3 is 2.84 bits per heavy atom. The van der Waals surface area contributed by atoms with Crippen LogP contribution in [-0.2, 0) is 10.0 Å². The van der Waals surface area contributed by atoms with E-state index in [0.717, 1.165) is 25.1 Å². The Hall–Kier alpha value is -0.790. The minimum absolute atomic E-state index is 0.215. The van der Waals surface area contributed by atoms with E-state index in [2.05, 4.69) is 15.0 Å². The van der Waals surface area contributed by atoms with E-state index in [4.69, 9.17) is 0 Å². The van der Waals surface area contributed by atoms with Crippen LogP contribution in [0.4, 0.5) is 5.69 Å². The van der Waals surface area contributed by atoms with E-state index in [1.165, 1.54) is 6.20 Å². The number of nitrogens with zero attached hydrogens (tertiary/aromatic N) is 1. The molecule has 0 aromatic carbocycles. The minimum Gasteiger partial charge on any atom is -0.384 e. The first-order chi connectivity index (χ1) is 9.11. The second kappa shape index (κ2) is 8.39. The predicted octanol–water partition coefficient (Wildman–Crippen LogP) is 1.93. The molecule has 1 aromatic heterocycles. The highest BCUT2D eigenvalue weighted by Crippen LogP contribution is 2.19. The molecule has 108 valence electrons. The Labute approximate surface area is 119 Å². The summed E-state index contributed by atoms with van der Waals surface area (Å²) in [6.07, 6.45) is 6.73. The van der Waals surface area contributed by atoms with E-state index >= 15 is 0 Å². The molecule has 1 heterocycles. The minimum atomic E-state index is -3.49. The number of thioether (sulfide) groups is 1. The zero-order valence-corrected chi connectivity index (χ0v) is 13.0. The molecule has 5 nitrogen and oxygen atoms in total. The second-order valence-electron chi connectivity index (χ2n) is 4.04. The third-order valence-corrected chi connectivity index (χ3v) is 4.64. The normalized spacial score (nSPS) is 11.5. The van der Waals surface area contributed by atoms with Crippen molar-refractivity contribution >= 4 is 27.5 Å². The number of aromatic nitrogens is 1. The summed E-state index contributed by atoms with van der Waals surface area (Å²) in [7, 11) is -3.49. The summed E-state index contributed by atoms with van der Waals surface area (Å²) in [6, 6.07) is 1.69. The molecule has 2 N–H and O–H groups in total. The first-order valence-electron chi connectivity index (χ1n) is 6.28. The van der Waals surface area contributed by atoms with Crippen molar-refractivity contribution in [2.24, 2.45) is 0 Å². The Morgan fingerprint density at radius 2 is 2.16 bits per heavy atom. The predicted molar refractivity (Wildman–Crippen MR) is 81.2 cm³/mol. The van der Waals surface area contributed by atoms with Crippen LogP contribution in [0.15, 0.2) is 23.4 Å². The van der Waals surface area contributed by atoms with Gasteiger partial charge in [-0.2, -0.15) is 11.8 Å².